The van der Waals surface area contributed by atoms with Crippen LogP contribution in [0.3, 0.4) is 0 Å². The SMILES string of the molecule is CN(C)c1ncnc(N2CCc3ccccc3C2)c1[N+](=O)[O-]. The highest BCUT2D eigenvalue weighted by Gasteiger charge is 2.29. The summed E-state index contributed by atoms with van der Waals surface area (Å²) in [4.78, 5) is 22.9. The Hall–Kier alpha value is -2.70. The van der Waals surface area contributed by atoms with E-state index in [2.05, 4.69) is 22.1 Å². The van der Waals surface area contributed by atoms with Crippen molar-refractivity contribution in [2.75, 3.05) is 30.4 Å². The number of anilines is 2. The minimum absolute atomic E-state index is 0.0353. The van der Waals surface area contributed by atoms with E-state index in [4.69, 9.17) is 0 Å². The van der Waals surface area contributed by atoms with Crippen molar-refractivity contribution in [3.63, 3.8) is 0 Å². The standard InChI is InChI=1S/C15H17N5O2/c1-18(2)14-13(20(21)22)15(17-10-16-14)19-8-7-11-5-3-4-6-12(11)9-19/h3-6,10H,7-9H2,1-2H3. The molecule has 0 fully saturated rings. The summed E-state index contributed by atoms with van der Waals surface area (Å²) in [5.41, 5.74) is 2.45. The molecule has 2 heterocycles. The lowest BCUT2D eigenvalue weighted by molar-refractivity contribution is -0.383. The number of nitro groups is 1. The van der Waals surface area contributed by atoms with Crippen molar-refractivity contribution in [3.8, 4) is 0 Å². The molecule has 0 spiro atoms. The molecule has 0 bridgehead atoms. The minimum Gasteiger partial charge on any atom is -0.357 e. The third-order valence-corrected chi connectivity index (χ3v) is 3.82. The van der Waals surface area contributed by atoms with Gasteiger partial charge in [-0.1, -0.05) is 24.3 Å². The van der Waals surface area contributed by atoms with Crippen molar-refractivity contribution in [1.29, 1.82) is 0 Å². The number of nitrogens with zero attached hydrogens (tertiary/aromatic N) is 5. The molecule has 2 aromatic rings. The van der Waals surface area contributed by atoms with Gasteiger partial charge in [0.05, 0.1) is 4.92 Å². The molecule has 7 heteroatoms. The van der Waals surface area contributed by atoms with Gasteiger partial charge in [-0.25, -0.2) is 9.97 Å². The van der Waals surface area contributed by atoms with Gasteiger partial charge in [-0.05, 0) is 17.5 Å². The Labute approximate surface area is 128 Å². The largest absolute Gasteiger partial charge is 0.357 e. The predicted octanol–water partition coefficient (Wildman–Crippen LogP) is 2.01. The zero-order valence-electron chi connectivity index (χ0n) is 12.6. The van der Waals surface area contributed by atoms with Gasteiger partial charge in [0.25, 0.3) is 0 Å². The molecular formula is C15H17N5O2. The third kappa shape index (κ3) is 2.45. The first kappa shape index (κ1) is 14.2. The summed E-state index contributed by atoms with van der Waals surface area (Å²) in [6.45, 7) is 1.34. The molecule has 1 aliphatic heterocycles. The van der Waals surface area contributed by atoms with Crippen LogP contribution >= 0.6 is 0 Å². The third-order valence-electron chi connectivity index (χ3n) is 3.82. The minimum atomic E-state index is -0.398. The van der Waals surface area contributed by atoms with Gasteiger partial charge in [-0.15, -0.1) is 0 Å². The van der Waals surface area contributed by atoms with Gasteiger partial charge >= 0.3 is 5.69 Å². The van der Waals surface area contributed by atoms with Gasteiger partial charge in [0, 0.05) is 27.2 Å². The lowest BCUT2D eigenvalue weighted by Gasteiger charge is -2.29. The van der Waals surface area contributed by atoms with Gasteiger partial charge in [0.15, 0.2) is 0 Å². The van der Waals surface area contributed by atoms with E-state index < -0.39 is 4.92 Å². The van der Waals surface area contributed by atoms with E-state index in [-0.39, 0.29) is 5.69 Å². The van der Waals surface area contributed by atoms with E-state index in [0.717, 1.165) is 6.42 Å². The van der Waals surface area contributed by atoms with Crippen LogP contribution in [0.1, 0.15) is 11.1 Å². The zero-order valence-corrected chi connectivity index (χ0v) is 12.6. The molecule has 7 nitrogen and oxygen atoms in total. The Morgan fingerprint density at radius 3 is 2.64 bits per heavy atom. The van der Waals surface area contributed by atoms with Crippen LogP contribution in [0, 0.1) is 10.1 Å². The van der Waals surface area contributed by atoms with Crippen molar-refractivity contribution in [1.82, 2.24) is 9.97 Å². The second-order valence-corrected chi connectivity index (χ2v) is 5.46. The summed E-state index contributed by atoms with van der Waals surface area (Å²) in [7, 11) is 3.48. The number of aromatic nitrogens is 2. The lowest BCUT2D eigenvalue weighted by Crippen LogP contribution is -2.32. The highest BCUT2D eigenvalue weighted by molar-refractivity contribution is 5.71. The molecule has 0 saturated heterocycles. The number of hydrogen-bond acceptors (Lipinski definition) is 6. The number of rotatable bonds is 3. The van der Waals surface area contributed by atoms with Gasteiger partial charge in [0.2, 0.25) is 11.6 Å². The van der Waals surface area contributed by atoms with Crippen LogP contribution in [0.15, 0.2) is 30.6 Å². The normalized spacial score (nSPS) is 13.6. The Morgan fingerprint density at radius 1 is 1.23 bits per heavy atom. The molecule has 0 aliphatic carbocycles. The molecule has 0 unspecified atom stereocenters. The van der Waals surface area contributed by atoms with Gasteiger partial charge < -0.3 is 9.80 Å². The average molecular weight is 299 g/mol. The summed E-state index contributed by atoms with van der Waals surface area (Å²) in [5.74, 6) is 0.715. The first-order valence-electron chi connectivity index (χ1n) is 7.06. The Bertz CT molecular complexity index is 717. The molecule has 1 aromatic heterocycles. The van der Waals surface area contributed by atoms with Crippen LogP contribution in [0.5, 0.6) is 0 Å². The molecule has 1 aliphatic rings. The van der Waals surface area contributed by atoms with Crippen molar-refractivity contribution in [2.24, 2.45) is 0 Å². The zero-order chi connectivity index (χ0) is 15.7. The molecular weight excluding hydrogens is 282 g/mol. The molecule has 0 atom stereocenters. The summed E-state index contributed by atoms with van der Waals surface area (Å²) in [6, 6.07) is 8.17. The van der Waals surface area contributed by atoms with Crippen LogP contribution in [0.25, 0.3) is 0 Å². The molecule has 3 rings (SSSR count). The highest BCUT2D eigenvalue weighted by Crippen LogP contribution is 2.35. The van der Waals surface area contributed by atoms with E-state index in [1.165, 1.54) is 17.5 Å². The Kier molecular flexibility index (Phi) is 3.62. The van der Waals surface area contributed by atoms with E-state index >= 15 is 0 Å². The monoisotopic (exact) mass is 299 g/mol. The fourth-order valence-corrected chi connectivity index (χ4v) is 2.76. The first-order valence-corrected chi connectivity index (χ1v) is 7.06. The van der Waals surface area contributed by atoms with Crippen LogP contribution < -0.4 is 9.80 Å². The van der Waals surface area contributed by atoms with Crippen molar-refractivity contribution in [3.05, 3.63) is 51.8 Å². The fraction of sp³-hybridized carbons (Fsp3) is 0.333. The molecule has 1 aromatic carbocycles. The van der Waals surface area contributed by atoms with E-state index in [1.54, 1.807) is 19.0 Å². The molecule has 0 amide bonds. The number of benzene rings is 1. The highest BCUT2D eigenvalue weighted by atomic mass is 16.6. The Morgan fingerprint density at radius 2 is 1.95 bits per heavy atom. The van der Waals surface area contributed by atoms with E-state index in [0.29, 0.717) is 24.7 Å². The van der Waals surface area contributed by atoms with Gasteiger partial charge in [0.1, 0.15) is 6.33 Å². The van der Waals surface area contributed by atoms with Crippen molar-refractivity contribution >= 4 is 17.3 Å². The smallest absolute Gasteiger partial charge is 0.353 e. The average Bonchev–Trinajstić information content (AvgIpc) is 2.53. The fourth-order valence-electron chi connectivity index (χ4n) is 2.76. The summed E-state index contributed by atoms with van der Waals surface area (Å²) >= 11 is 0. The van der Waals surface area contributed by atoms with Crippen molar-refractivity contribution < 1.29 is 4.92 Å². The Balaban J connectivity index is 2.03. The van der Waals surface area contributed by atoms with Gasteiger partial charge in [-0.3, -0.25) is 10.1 Å². The number of fused-ring (bicyclic) bond motifs is 1. The first-order chi connectivity index (χ1) is 10.6. The second-order valence-electron chi connectivity index (χ2n) is 5.46. The molecule has 114 valence electrons. The maximum Gasteiger partial charge on any atom is 0.353 e. The van der Waals surface area contributed by atoms with Crippen molar-refractivity contribution in [2.45, 2.75) is 13.0 Å². The summed E-state index contributed by atoms with van der Waals surface area (Å²) in [5, 5.41) is 11.5. The molecule has 0 radical (unpaired) electrons. The summed E-state index contributed by atoms with van der Waals surface area (Å²) in [6.07, 6.45) is 2.24. The molecule has 22 heavy (non-hydrogen) atoms. The van der Waals surface area contributed by atoms with E-state index in [9.17, 15) is 10.1 Å². The van der Waals surface area contributed by atoms with E-state index in [1.807, 2.05) is 17.0 Å². The summed E-state index contributed by atoms with van der Waals surface area (Å²) < 4.78 is 0. The molecule has 0 N–H and O–H groups in total. The molecule has 0 saturated carbocycles. The lowest BCUT2D eigenvalue weighted by atomic mass is 10.00. The van der Waals surface area contributed by atoms with Crippen LogP contribution in [0.4, 0.5) is 17.3 Å². The van der Waals surface area contributed by atoms with Crippen LogP contribution in [0.2, 0.25) is 0 Å². The second kappa shape index (κ2) is 5.59. The van der Waals surface area contributed by atoms with Crippen LogP contribution in [-0.2, 0) is 13.0 Å². The number of hydrogen-bond donors (Lipinski definition) is 0. The maximum absolute atomic E-state index is 11.5. The topological polar surface area (TPSA) is 75.4 Å². The van der Waals surface area contributed by atoms with Crippen LogP contribution in [-0.4, -0.2) is 35.5 Å². The maximum atomic E-state index is 11.5. The quantitative estimate of drug-likeness (QED) is 0.637. The van der Waals surface area contributed by atoms with Gasteiger partial charge in [-0.2, -0.15) is 0 Å². The predicted molar refractivity (Wildman–Crippen MR) is 84.2 cm³/mol.